The number of ether oxygens (including phenoxy) is 1. The van der Waals surface area contributed by atoms with E-state index in [1.165, 1.54) is 5.56 Å². The lowest BCUT2D eigenvalue weighted by atomic mass is 9.94. The molecule has 0 aliphatic rings. The molecule has 4 nitrogen and oxygen atoms in total. The van der Waals surface area contributed by atoms with Crippen LogP contribution in [-0.2, 0) is 0 Å². The fourth-order valence-corrected chi connectivity index (χ4v) is 3.33. The van der Waals surface area contributed by atoms with E-state index in [0.717, 1.165) is 39.1 Å². The highest BCUT2D eigenvalue weighted by molar-refractivity contribution is 5.96. The van der Waals surface area contributed by atoms with Crippen LogP contribution in [0, 0.1) is 39.0 Å². The Morgan fingerprint density at radius 2 is 1.75 bits per heavy atom. The molecule has 2 N–H and O–H groups in total. The van der Waals surface area contributed by atoms with Gasteiger partial charge in [0.15, 0.2) is 0 Å². The molecule has 3 aromatic rings. The molecular weight excluding hydrogens is 298 g/mol. The lowest BCUT2D eigenvalue weighted by Gasteiger charge is -2.14. The van der Waals surface area contributed by atoms with E-state index in [0.29, 0.717) is 11.4 Å². The lowest BCUT2D eigenvalue weighted by molar-refractivity contribution is 0.412. The molecule has 0 amide bonds. The van der Waals surface area contributed by atoms with Crippen LogP contribution in [0.4, 0.5) is 5.69 Å². The van der Waals surface area contributed by atoms with E-state index in [4.69, 9.17) is 10.5 Å². The first-order chi connectivity index (χ1) is 11.4. The first-order valence-electron chi connectivity index (χ1n) is 7.86. The van der Waals surface area contributed by atoms with Crippen molar-refractivity contribution in [1.29, 1.82) is 5.26 Å². The van der Waals surface area contributed by atoms with Gasteiger partial charge in [0.25, 0.3) is 0 Å². The van der Waals surface area contributed by atoms with Crippen LogP contribution in [0.15, 0.2) is 24.4 Å². The van der Waals surface area contributed by atoms with Gasteiger partial charge >= 0.3 is 0 Å². The average Bonchev–Trinajstić information content (AvgIpc) is 2.80. The molecular formula is C20H21N3O. The molecule has 122 valence electrons. The normalized spacial score (nSPS) is 10.8. The Bertz CT molecular complexity index is 1010. The number of fused-ring (bicyclic) bond motifs is 1. The molecule has 2 heterocycles. The zero-order valence-corrected chi connectivity index (χ0v) is 14.7. The second kappa shape index (κ2) is 5.61. The Morgan fingerprint density at radius 1 is 1.04 bits per heavy atom. The summed E-state index contributed by atoms with van der Waals surface area (Å²) in [5.74, 6) is 0.816. The number of hydrogen-bond donors (Lipinski definition) is 1. The highest BCUT2D eigenvalue weighted by atomic mass is 16.5. The van der Waals surface area contributed by atoms with Gasteiger partial charge in [-0.15, -0.1) is 0 Å². The number of hydrogen-bond acceptors (Lipinski definition) is 3. The molecule has 0 aliphatic heterocycles. The number of aromatic nitrogens is 1. The maximum atomic E-state index is 9.60. The number of methoxy groups -OCH3 is 1. The number of pyridine rings is 1. The van der Waals surface area contributed by atoms with E-state index in [2.05, 4.69) is 26.0 Å². The monoisotopic (exact) mass is 319 g/mol. The molecule has 0 unspecified atom stereocenters. The summed E-state index contributed by atoms with van der Waals surface area (Å²) in [7, 11) is 1.66. The predicted octanol–water partition coefficient (Wildman–Crippen LogP) is 4.30. The molecule has 1 aromatic carbocycles. The van der Waals surface area contributed by atoms with Gasteiger partial charge < -0.3 is 14.9 Å². The molecule has 4 heteroatoms. The molecule has 0 spiro atoms. The standard InChI is InChI=1S/C20H21N3O/c1-11-6-7-17(24-5)14(4)18(11)19-15-8-12(2)13(3)10-23(15)16(9-21)20(19)22/h6-8,10H,22H2,1-5H3. The Kier molecular flexibility index (Phi) is 3.73. The molecule has 0 aliphatic carbocycles. The van der Waals surface area contributed by atoms with E-state index in [9.17, 15) is 5.26 Å². The SMILES string of the molecule is COc1ccc(C)c(-c2c(N)c(C#N)n3cc(C)c(C)cc23)c1C. The number of nitrogen functional groups attached to an aromatic ring is 1. The molecule has 0 fully saturated rings. The van der Waals surface area contributed by atoms with Gasteiger partial charge in [-0.3, -0.25) is 0 Å². The molecule has 2 aromatic heterocycles. The van der Waals surface area contributed by atoms with Crippen LogP contribution in [0.2, 0.25) is 0 Å². The Labute approximate surface area is 142 Å². The summed E-state index contributed by atoms with van der Waals surface area (Å²) < 4.78 is 7.37. The van der Waals surface area contributed by atoms with E-state index < -0.39 is 0 Å². The van der Waals surface area contributed by atoms with Crippen LogP contribution in [0.3, 0.4) is 0 Å². The minimum Gasteiger partial charge on any atom is -0.496 e. The fourth-order valence-electron chi connectivity index (χ4n) is 3.33. The third kappa shape index (κ3) is 2.13. The molecule has 0 saturated carbocycles. The number of anilines is 1. The summed E-state index contributed by atoms with van der Waals surface area (Å²) in [6.07, 6.45) is 1.98. The van der Waals surface area contributed by atoms with Crippen molar-refractivity contribution in [3.63, 3.8) is 0 Å². The molecule has 24 heavy (non-hydrogen) atoms. The summed E-state index contributed by atoms with van der Waals surface area (Å²) in [5.41, 5.74) is 14.7. The van der Waals surface area contributed by atoms with E-state index in [1.54, 1.807) is 7.11 Å². The first-order valence-corrected chi connectivity index (χ1v) is 7.86. The van der Waals surface area contributed by atoms with Crippen molar-refractivity contribution in [2.45, 2.75) is 27.7 Å². The van der Waals surface area contributed by atoms with Gasteiger partial charge in [-0.1, -0.05) is 6.07 Å². The number of rotatable bonds is 2. The van der Waals surface area contributed by atoms with Crippen molar-refractivity contribution in [3.8, 4) is 22.9 Å². The summed E-state index contributed by atoms with van der Waals surface area (Å²) in [6.45, 7) is 8.18. The van der Waals surface area contributed by atoms with Crippen molar-refractivity contribution in [1.82, 2.24) is 4.40 Å². The van der Waals surface area contributed by atoms with Crippen LogP contribution in [0.1, 0.15) is 27.9 Å². The van der Waals surface area contributed by atoms with E-state index in [1.807, 2.05) is 36.6 Å². The topological polar surface area (TPSA) is 63.5 Å². The van der Waals surface area contributed by atoms with Crippen molar-refractivity contribution in [3.05, 3.63) is 52.3 Å². The van der Waals surface area contributed by atoms with Gasteiger partial charge in [-0.2, -0.15) is 5.26 Å². The Morgan fingerprint density at radius 3 is 2.38 bits per heavy atom. The van der Waals surface area contributed by atoms with Crippen LogP contribution in [-0.4, -0.2) is 11.5 Å². The van der Waals surface area contributed by atoms with Crippen LogP contribution < -0.4 is 10.5 Å². The number of nitrogens with zero attached hydrogens (tertiary/aromatic N) is 2. The first kappa shape index (κ1) is 15.9. The van der Waals surface area contributed by atoms with Gasteiger partial charge in [0.2, 0.25) is 0 Å². The Balaban J connectivity index is 2.51. The van der Waals surface area contributed by atoms with Gasteiger partial charge in [-0.05, 0) is 67.6 Å². The summed E-state index contributed by atoms with van der Waals surface area (Å²) >= 11 is 0. The minimum atomic E-state index is 0.477. The summed E-state index contributed by atoms with van der Waals surface area (Å²) in [5, 5.41) is 9.60. The van der Waals surface area contributed by atoms with Crippen molar-refractivity contribution in [2.24, 2.45) is 0 Å². The van der Waals surface area contributed by atoms with Gasteiger partial charge in [-0.25, -0.2) is 0 Å². The van der Waals surface area contributed by atoms with Crippen molar-refractivity contribution in [2.75, 3.05) is 12.8 Å². The quantitative estimate of drug-likeness (QED) is 0.766. The largest absolute Gasteiger partial charge is 0.496 e. The zero-order valence-electron chi connectivity index (χ0n) is 14.7. The van der Waals surface area contributed by atoms with E-state index >= 15 is 0 Å². The van der Waals surface area contributed by atoms with Crippen LogP contribution in [0.25, 0.3) is 16.6 Å². The number of benzene rings is 1. The molecule has 0 radical (unpaired) electrons. The number of aryl methyl sites for hydroxylation is 3. The minimum absolute atomic E-state index is 0.477. The van der Waals surface area contributed by atoms with Gasteiger partial charge in [0.05, 0.1) is 18.3 Å². The van der Waals surface area contributed by atoms with Crippen molar-refractivity contribution < 1.29 is 4.74 Å². The predicted molar refractivity (Wildman–Crippen MR) is 97.5 cm³/mol. The maximum Gasteiger partial charge on any atom is 0.148 e. The number of nitrogens with two attached hydrogens (primary N) is 1. The smallest absolute Gasteiger partial charge is 0.148 e. The highest BCUT2D eigenvalue weighted by Gasteiger charge is 2.22. The maximum absolute atomic E-state index is 9.60. The second-order valence-corrected chi connectivity index (χ2v) is 6.23. The van der Waals surface area contributed by atoms with E-state index in [-0.39, 0.29) is 0 Å². The third-order valence-corrected chi connectivity index (χ3v) is 4.78. The van der Waals surface area contributed by atoms with Gasteiger partial charge in [0, 0.05) is 11.8 Å². The summed E-state index contributed by atoms with van der Waals surface area (Å²) in [4.78, 5) is 0. The molecule has 0 bridgehead atoms. The highest BCUT2D eigenvalue weighted by Crippen LogP contribution is 2.41. The zero-order chi connectivity index (χ0) is 17.6. The molecule has 0 atom stereocenters. The lowest BCUT2D eigenvalue weighted by Crippen LogP contribution is -1.96. The van der Waals surface area contributed by atoms with Crippen LogP contribution in [0.5, 0.6) is 5.75 Å². The number of nitriles is 1. The fraction of sp³-hybridized carbons (Fsp3) is 0.250. The van der Waals surface area contributed by atoms with Gasteiger partial charge in [0.1, 0.15) is 17.5 Å². The molecule has 0 saturated heterocycles. The second-order valence-electron chi connectivity index (χ2n) is 6.23. The van der Waals surface area contributed by atoms with Crippen LogP contribution >= 0.6 is 0 Å². The Hall–Kier alpha value is -2.93. The average molecular weight is 319 g/mol. The third-order valence-electron chi connectivity index (χ3n) is 4.78. The molecule has 3 rings (SSSR count). The summed E-state index contributed by atoms with van der Waals surface area (Å²) in [6, 6.07) is 8.33. The van der Waals surface area contributed by atoms with Crippen molar-refractivity contribution >= 4 is 11.2 Å².